The molecule has 3 rings (SSSR count). The van der Waals surface area contributed by atoms with Crippen molar-refractivity contribution in [2.75, 3.05) is 18.4 Å². The molecule has 0 aliphatic rings. The number of aromatic nitrogens is 2. The monoisotopic (exact) mass is 412 g/mol. The van der Waals surface area contributed by atoms with Crippen LogP contribution in [0.15, 0.2) is 71.9 Å². The molecule has 0 aliphatic heterocycles. The first kappa shape index (κ1) is 20.8. The van der Waals surface area contributed by atoms with Crippen molar-refractivity contribution in [1.82, 2.24) is 14.1 Å². The van der Waals surface area contributed by atoms with Crippen LogP contribution >= 0.6 is 0 Å². The van der Waals surface area contributed by atoms with E-state index in [2.05, 4.69) is 10.4 Å². The number of nitrogens with zero attached hydrogens (tertiary/aromatic N) is 3. The minimum Gasteiger partial charge on any atom is -0.326 e. The molecule has 0 aliphatic carbocycles. The first-order valence-electron chi connectivity index (χ1n) is 9.43. The van der Waals surface area contributed by atoms with Gasteiger partial charge in [-0.1, -0.05) is 38.1 Å². The van der Waals surface area contributed by atoms with Crippen LogP contribution in [0.2, 0.25) is 0 Å². The van der Waals surface area contributed by atoms with Crippen LogP contribution in [0.5, 0.6) is 0 Å². The first-order chi connectivity index (χ1) is 13.9. The van der Waals surface area contributed by atoms with E-state index in [4.69, 9.17) is 0 Å². The van der Waals surface area contributed by atoms with Crippen LogP contribution in [-0.4, -0.2) is 41.5 Å². The second-order valence-corrected chi connectivity index (χ2v) is 8.41. The average molecular weight is 413 g/mol. The van der Waals surface area contributed by atoms with Crippen molar-refractivity contribution in [3.8, 4) is 5.69 Å². The van der Waals surface area contributed by atoms with Crippen LogP contribution in [0.3, 0.4) is 0 Å². The molecule has 0 saturated carbocycles. The predicted molar refractivity (Wildman–Crippen MR) is 112 cm³/mol. The molecule has 2 aromatic carbocycles. The number of hydrogen-bond donors (Lipinski definition) is 1. The maximum Gasteiger partial charge on any atom is 0.243 e. The van der Waals surface area contributed by atoms with Crippen molar-refractivity contribution in [2.24, 2.45) is 0 Å². The Hall–Kier alpha value is -2.97. The Balaban J connectivity index is 1.70. The van der Waals surface area contributed by atoms with E-state index in [0.29, 0.717) is 18.8 Å². The second kappa shape index (κ2) is 9.02. The van der Waals surface area contributed by atoms with Crippen LogP contribution in [0.4, 0.5) is 5.69 Å². The van der Waals surface area contributed by atoms with Gasteiger partial charge in [0.05, 0.1) is 23.2 Å². The van der Waals surface area contributed by atoms with Crippen molar-refractivity contribution >= 4 is 21.6 Å². The van der Waals surface area contributed by atoms with Crippen molar-refractivity contribution in [2.45, 2.75) is 25.2 Å². The van der Waals surface area contributed by atoms with Gasteiger partial charge < -0.3 is 5.32 Å². The molecular weight excluding hydrogens is 388 g/mol. The molecule has 1 N–H and O–H groups in total. The molecule has 0 saturated heterocycles. The lowest BCUT2D eigenvalue weighted by Crippen LogP contribution is -2.30. The molecule has 1 heterocycles. The maximum atomic E-state index is 12.7. The van der Waals surface area contributed by atoms with Crippen LogP contribution < -0.4 is 5.32 Å². The summed E-state index contributed by atoms with van der Waals surface area (Å²) in [5, 5.41) is 7.05. The summed E-state index contributed by atoms with van der Waals surface area (Å²) in [6, 6.07) is 15.9. The molecule has 8 heteroatoms. The number of carbonyl (C=O) groups excluding carboxylic acids is 1. The predicted octanol–water partition coefficient (Wildman–Crippen LogP) is 3.08. The number of rotatable bonds is 8. The molecule has 0 spiro atoms. The van der Waals surface area contributed by atoms with E-state index in [1.807, 2.05) is 30.3 Å². The Kier molecular flexibility index (Phi) is 6.46. The average Bonchev–Trinajstić information content (AvgIpc) is 3.18. The Morgan fingerprint density at radius 2 is 1.79 bits per heavy atom. The Morgan fingerprint density at radius 1 is 1.07 bits per heavy atom. The molecule has 7 nitrogen and oxygen atoms in total. The van der Waals surface area contributed by atoms with Gasteiger partial charge in [0.15, 0.2) is 0 Å². The normalized spacial score (nSPS) is 11.6. The fourth-order valence-corrected chi connectivity index (χ4v) is 4.52. The van der Waals surface area contributed by atoms with Crippen molar-refractivity contribution in [3.05, 3.63) is 72.6 Å². The molecule has 1 aromatic heterocycles. The highest BCUT2D eigenvalue weighted by atomic mass is 32.2. The van der Waals surface area contributed by atoms with Gasteiger partial charge in [0.2, 0.25) is 15.9 Å². The largest absolute Gasteiger partial charge is 0.326 e. The molecule has 1 amide bonds. The van der Waals surface area contributed by atoms with Crippen molar-refractivity contribution in [3.63, 3.8) is 0 Å². The number of sulfonamides is 1. The summed E-state index contributed by atoms with van der Waals surface area (Å²) in [6.07, 6.45) is 3.59. The van der Waals surface area contributed by atoms with E-state index in [1.54, 1.807) is 43.1 Å². The summed E-state index contributed by atoms with van der Waals surface area (Å²) in [5.41, 5.74) is 2.12. The summed E-state index contributed by atoms with van der Waals surface area (Å²) >= 11 is 0. The molecule has 0 atom stereocenters. The lowest BCUT2D eigenvalue weighted by molar-refractivity contribution is -0.115. The number of anilines is 1. The van der Waals surface area contributed by atoms with Gasteiger partial charge in [-0.3, -0.25) is 4.79 Å². The molecular formula is C21H24N4O3S. The third kappa shape index (κ3) is 4.90. The van der Waals surface area contributed by atoms with E-state index in [-0.39, 0.29) is 17.2 Å². The highest BCUT2D eigenvalue weighted by Crippen LogP contribution is 2.20. The fourth-order valence-electron chi connectivity index (χ4n) is 3.01. The van der Waals surface area contributed by atoms with Gasteiger partial charge in [-0.15, -0.1) is 0 Å². The SMILES string of the molecule is CCN(CC)S(=O)(=O)c1cccc(NC(=O)Cc2cnn(-c3ccccc3)c2)c1. The number of hydrogen-bond acceptors (Lipinski definition) is 4. The van der Waals surface area contributed by atoms with E-state index >= 15 is 0 Å². The van der Waals surface area contributed by atoms with Crippen molar-refractivity contribution in [1.29, 1.82) is 0 Å². The van der Waals surface area contributed by atoms with E-state index in [9.17, 15) is 13.2 Å². The van der Waals surface area contributed by atoms with Crippen LogP contribution in [-0.2, 0) is 21.2 Å². The van der Waals surface area contributed by atoms with Gasteiger partial charge in [-0.25, -0.2) is 13.1 Å². The minimum atomic E-state index is -3.58. The van der Waals surface area contributed by atoms with Gasteiger partial charge >= 0.3 is 0 Å². The summed E-state index contributed by atoms with van der Waals surface area (Å²) in [4.78, 5) is 12.6. The number of para-hydroxylation sites is 1. The second-order valence-electron chi connectivity index (χ2n) is 6.47. The maximum absolute atomic E-state index is 12.7. The lowest BCUT2D eigenvalue weighted by Gasteiger charge is -2.18. The third-order valence-electron chi connectivity index (χ3n) is 4.48. The van der Waals surface area contributed by atoms with Crippen LogP contribution in [0.1, 0.15) is 19.4 Å². The molecule has 152 valence electrons. The number of nitrogens with one attached hydrogen (secondary N) is 1. The van der Waals surface area contributed by atoms with E-state index < -0.39 is 10.0 Å². The van der Waals surface area contributed by atoms with Crippen LogP contribution in [0, 0.1) is 0 Å². The van der Waals surface area contributed by atoms with E-state index in [0.717, 1.165) is 11.3 Å². The molecule has 3 aromatic rings. The number of carbonyl (C=O) groups is 1. The third-order valence-corrected chi connectivity index (χ3v) is 6.53. The fraction of sp³-hybridized carbons (Fsp3) is 0.238. The highest BCUT2D eigenvalue weighted by Gasteiger charge is 2.21. The quantitative estimate of drug-likeness (QED) is 0.616. The van der Waals surface area contributed by atoms with Gasteiger partial charge in [-0.2, -0.15) is 9.40 Å². The number of benzene rings is 2. The summed E-state index contributed by atoms with van der Waals surface area (Å²) in [6.45, 7) is 4.37. The molecule has 0 fully saturated rings. The molecule has 0 unspecified atom stereocenters. The highest BCUT2D eigenvalue weighted by molar-refractivity contribution is 7.89. The zero-order valence-electron chi connectivity index (χ0n) is 16.4. The summed E-state index contributed by atoms with van der Waals surface area (Å²) in [5.74, 6) is -0.241. The van der Waals surface area contributed by atoms with Crippen molar-refractivity contribution < 1.29 is 13.2 Å². The smallest absolute Gasteiger partial charge is 0.243 e. The van der Waals surface area contributed by atoms with Gasteiger partial charge in [0, 0.05) is 25.0 Å². The zero-order chi connectivity index (χ0) is 20.9. The van der Waals surface area contributed by atoms with Gasteiger partial charge in [0.25, 0.3) is 0 Å². The lowest BCUT2D eigenvalue weighted by atomic mass is 10.2. The Morgan fingerprint density at radius 3 is 2.48 bits per heavy atom. The Bertz CT molecular complexity index is 1070. The minimum absolute atomic E-state index is 0.139. The molecule has 29 heavy (non-hydrogen) atoms. The van der Waals surface area contributed by atoms with E-state index in [1.165, 1.54) is 16.4 Å². The number of amides is 1. The summed E-state index contributed by atoms with van der Waals surface area (Å²) in [7, 11) is -3.58. The Labute approximate surface area is 171 Å². The topological polar surface area (TPSA) is 84.3 Å². The molecule has 0 radical (unpaired) electrons. The standard InChI is InChI=1S/C21H24N4O3S/c1-3-24(4-2)29(27,28)20-12-8-9-18(14-20)23-21(26)13-17-15-22-25(16-17)19-10-6-5-7-11-19/h5-12,14-16H,3-4,13H2,1-2H3,(H,23,26). The van der Waals surface area contributed by atoms with Gasteiger partial charge in [-0.05, 0) is 35.9 Å². The van der Waals surface area contributed by atoms with Crippen LogP contribution in [0.25, 0.3) is 5.69 Å². The first-order valence-corrected chi connectivity index (χ1v) is 10.9. The molecule has 0 bridgehead atoms. The zero-order valence-corrected chi connectivity index (χ0v) is 17.3. The summed E-state index contributed by atoms with van der Waals surface area (Å²) < 4.78 is 28.4. The van der Waals surface area contributed by atoms with Gasteiger partial charge in [0.1, 0.15) is 0 Å².